The molecule has 0 spiro atoms. The van der Waals surface area contributed by atoms with Crippen molar-refractivity contribution in [3.05, 3.63) is 0 Å². The zero-order chi connectivity index (χ0) is 15.0. The summed E-state index contributed by atoms with van der Waals surface area (Å²) >= 11 is 0. The van der Waals surface area contributed by atoms with Gasteiger partial charge in [0, 0.05) is 6.42 Å². The summed E-state index contributed by atoms with van der Waals surface area (Å²) in [7, 11) is 0. The van der Waals surface area contributed by atoms with E-state index in [1.54, 1.807) is 0 Å². The van der Waals surface area contributed by atoms with E-state index in [4.69, 9.17) is 5.73 Å². The molecule has 0 aromatic heterocycles. The summed E-state index contributed by atoms with van der Waals surface area (Å²) in [5, 5.41) is 4.51. The van der Waals surface area contributed by atoms with Gasteiger partial charge in [0.15, 0.2) is 0 Å². The van der Waals surface area contributed by atoms with Crippen LogP contribution in [0.3, 0.4) is 0 Å². The van der Waals surface area contributed by atoms with E-state index in [9.17, 15) is 18.4 Å². The van der Waals surface area contributed by atoms with Crippen LogP contribution < -0.4 is 16.4 Å². The molecule has 0 bridgehead atoms. The lowest BCUT2D eigenvalue weighted by Gasteiger charge is -2.20. The van der Waals surface area contributed by atoms with Crippen molar-refractivity contribution in [3.8, 4) is 0 Å². The van der Waals surface area contributed by atoms with Gasteiger partial charge in [-0.1, -0.05) is 19.3 Å². The zero-order valence-corrected chi connectivity index (χ0v) is 12.8. The molecule has 8 heteroatoms. The number of amides is 2. The number of nitrogens with one attached hydrogen (secondary N) is 2. The lowest BCUT2D eigenvalue weighted by atomic mass is 9.87. The Balaban J connectivity index is 0.00000400. The predicted octanol–water partition coefficient (Wildman–Crippen LogP) is 1.20. The molecule has 1 rings (SSSR count). The third-order valence-corrected chi connectivity index (χ3v) is 3.49. The molecule has 124 valence electrons. The van der Waals surface area contributed by atoms with Gasteiger partial charge >= 0.3 is 0 Å². The molecule has 0 aromatic rings. The van der Waals surface area contributed by atoms with Crippen LogP contribution in [0.15, 0.2) is 0 Å². The standard InChI is InChI=1S/C13H23F2N3O2.ClH/c14-13(15,8-16)9-18-12(20)7-17-11(19)6-10-4-2-1-3-5-10;/h10H,1-9,16H2,(H,17,19)(H,18,20);1H. The first-order valence-corrected chi connectivity index (χ1v) is 7.04. The molecule has 2 amide bonds. The van der Waals surface area contributed by atoms with E-state index >= 15 is 0 Å². The van der Waals surface area contributed by atoms with Crippen LogP contribution in [0, 0.1) is 5.92 Å². The van der Waals surface area contributed by atoms with Crippen molar-refractivity contribution in [1.82, 2.24) is 10.6 Å². The van der Waals surface area contributed by atoms with Gasteiger partial charge < -0.3 is 16.4 Å². The number of carbonyl (C=O) groups is 2. The SMILES string of the molecule is Cl.NCC(F)(F)CNC(=O)CNC(=O)CC1CCCCC1. The number of nitrogens with two attached hydrogens (primary N) is 1. The van der Waals surface area contributed by atoms with E-state index in [0.717, 1.165) is 25.7 Å². The second kappa shape index (κ2) is 9.89. The van der Waals surface area contributed by atoms with Crippen LogP contribution >= 0.6 is 12.4 Å². The molecule has 4 N–H and O–H groups in total. The molecule has 21 heavy (non-hydrogen) atoms. The first-order valence-electron chi connectivity index (χ1n) is 7.04. The molecule has 1 saturated carbocycles. The maximum atomic E-state index is 12.8. The summed E-state index contributed by atoms with van der Waals surface area (Å²) in [6, 6.07) is 0. The lowest BCUT2D eigenvalue weighted by molar-refractivity contribution is -0.127. The first-order chi connectivity index (χ1) is 9.43. The van der Waals surface area contributed by atoms with Gasteiger partial charge in [0.25, 0.3) is 5.92 Å². The van der Waals surface area contributed by atoms with E-state index in [1.165, 1.54) is 6.42 Å². The van der Waals surface area contributed by atoms with Crippen molar-refractivity contribution >= 4 is 24.2 Å². The molecule has 0 radical (unpaired) electrons. The summed E-state index contributed by atoms with van der Waals surface area (Å²) in [6.45, 7) is -1.89. The highest BCUT2D eigenvalue weighted by atomic mass is 35.5. The monoisotopic (exact) mass is 327 g/mol. The van der Waals surface area contributed by atoms with Gasteiger partial charge in [-0.2, -0.15) is 0 Å². The Morgan fingerprint density at radius 2 is 1.71 bits per heavy atom. The van der Waals surface area contributed by atoms with E-state index < -0.39 is 24.9 Å². The summed E-state index contributed by atoms with van der Waals surface area (Å²) < 4.78 is 25.6. The van der Waals surface area contributed by atoms with Gasteiger partial charge in [-0.15, -0.1) is 12.4 Å². The Bertz CT molecular complexity index is 337. The molecular weight excluding hydrogens is 304 g/mol. The fraction of sp³-hybridized carbons (Fsp3) is 0.846. The molecule has 1 aliphatic rings. The first kappa shape index (κ1) is 20.1. The van der Waals surface area contributed by atoms with Crippen LogP contribution in [0.1, 0.15) is 38.5 Å². The molecular formula is C13H24ClF2N3O2. The highest BCUT2D eigenvalue weighted by Crippen LogP contribution is 2.25. The quantitative estimate of drug-likeness (QED) is 0.657. The minimum Gasteiger partial charge on any atom is -0.348 e. The smallest absolute Gasteiger partial charge is 0.277 e. The van der Waals surface area contributed by atoms with Gasteiger partial charge in [-0.3, -0.25) is 9.59 Å². The van der Waals surface area contributed by atoms with Crippen molar-refractivity contribution in [2.45, 2.75) is 44.4 Å². The second-order valence-corrected chi connectivity index (χ2v) is 5.32. The van der Waals surface area contributed by atoms with Crippen LogP contribution in [-0.2, 0) is 9.59 Å². The molecule has 0 unspecified atom stereocenters. The number of halogens is 3. The second-order valence-electron chi connectivity index (χ2n) is 5.32. The topological polar surface area (TPSA) is 84.2 Å². The van der Waals surface area contributed by atoms with Crippen molar-refractivity contribution in [2.75, 3.05) is 19.6 Å². The molecule has 5 nitrogen and oxygen atoms in total. The van der Waals surface area contributed by atoms with Crippen LogP contribution in [0.4, 0.5) is 8.78 Å². The van der Waals surface area contributed by atoms with Gasteiger partial charge in [-0.25, -0.2) is 8.78 Å². The minimum absolute atomic E-state index is 0. The van der Waals surface area contributed by atoms with E-state index in [2.05, 4.69) is 5.32 Å². The van der Waals surface area contributed by atoms with Gasteiger partial charge in [0.2, 0.25) is 11.8 Å². The fourth-order valence-electron chi connectivity index (χ4n) is 2.27. The Kier molecular flexibility index (Phi) is 9.44. The molecule has 0 saturated heterocycles. The lowest BCUT2D eigenvalue weighted by Crippen LogP contribution is -2.45. The Labute approximate surface area is 129 Å². The van der Waals surface area contributed by atoms with Gasteiger partial charge in [0.1, 0.15) is 0 Å². The van der Waals surface area contributed by atoms with E-state index in [0.29, 0.717) is 12.3 Å². The van der Waals surface area contributed by atoms with Gasteiger partial charge in [0.05, 0.1) is 19.6 Å². The van der Waals surface area contributed by atoms with Crippen LogP contribution in [-0.4, -0.2) is 37.4 Å². The Hall–Kier alpha value is -0.950. The Morgan fingerprint density at radius 1 is 1.10 bits per heavy atom. The summed E-state index contributed by atoms with van der Waals surface area (Å²) in [4.78, 5) is 22.9. The van der Waals surface area contributed by atoms with Crippen molar-refractivity contribution in [2.24, 2.45) is 11.7 Å². The normalized spacial score (nSPS) is 16.0. The van der Waals surface area contributed by atoms with E-state index in [1.807, 2.05) is 5.32 Å². The highest BCUT2D eigenvalue weighted by molar-refractivity contribution is 5.85. The molecule has 1 aliphatic carbocycles. The summed E-state index contributed by atoms with van der Waals surface area (Å²) in [5.74, 6) is -3.55. The number of hydrogen-bond acceptors (Lipinski definition) is 3. The minimum atomic E-state index is -3.11. The zero-order valence-electron chi connectivity index (χ0n) is 12.0. The van der Waals surface area contributed by atoms with Crippen LogP contribution in [0.2, 0.25) is 0 Å². The van der Waals surface area contributed by atoms with Crippen LogP contribution in [0.5, 0.6) is 0 Å². The molecule has 1 fully saturated rings. The number of carbonyl (C=O) groups excluding carboxylic acids is 2. The summed E-state index contributed by atoms with van der Waals surface area (Å²) in [6.07, 6.45) is 6.01. The third-order valence-electron chi connectivity index (χ3n) is 3.49. The molecule has 0 heterocycles. The number of alkyl halides is 2. The van der Waals surface area contributed by atoms with E-state index in [-0.39, 0.29) is 24.9 Å². The largest absolute Gasteiger partial charge is 0.348 e. The molecule has 0 atom stereocenters. The number of rotatable bonds is 7. The molecule has 0 aliphatic heterocycles. The Morgan fingerprint density at radius 3 is 2.29 bits per heavy atom. The van der Waals surface area contributed by atoms with Crippen molar-refractivity contribution in [1.29, 1.82) is 0 Å². The van der Waals surface area contributed by atoms with Crippen molar-refractivity contribution in [3.63, 3.8) is 0 Å². The molecule has 0 aromatic carbocycles. The maximum Gasteiger partial charge on any atom is 0.277 e. The van der Waals surface area contributed by atoms with Crippen molar-refractivity contribution < 1.29 is 18.4 Å². The average Bonchev–Trinajstić information content (AvgIpc) is 2.44. The van der Waals surface area contributed by atoms with Crippen LogP contribution in [0.25, 0.3) is 0 Å². The average molecular weight is 328 g/mol. The number of hydrogen-bond donors (Lipinski definition) is 3. The fourth-order valence-corrected chi connectivity index (χ4v) is 2.27. The highest BCUT2D eigenvalue weighted by Gasteiger charge is 2.27. The summed E-state index contributed by atoms with van der Waals surface area (Å²) in [5.41, 5.74) is 4.85. The third kappa shape index (κ3) is 8.83. The van der Waals surface area contributed by atoms with Gasteiger partial charge in [-0.05, 0) is 18.8 Å². The maximum absolute atomic E-state index is 12.8. The predicted molar refractivity (Wildman–Crippen MR) is 78.5 cm³/mol.